The minimum atomic E-state index is 0.126. The molecule has 0 aromatic heterocycles. The topological polar surface area (TPSA) is 56.1 Å². The van der Waals surface area contributed by atoms with E-state index in [1.165, 1.54) is 25.7 Å². The molecule has 1 aliphatic carbocycles. The number of nitrogens with one attached hydrogen (secondary N) is 1. The van der Waals surface area contributed by atoms with Gasteiger partial charge in [0.05, 0.1) is 12.5 Å². The Kier molecular flexibility index (Phi) is 6.74. The van der Waals surface area contributed by atoms with Crippen LogP contribution in [0.15, 0.2) is 0 Å². The van der Waals surface area contributed by atoms with Crippen LogP contribution in [0.4, 0.5) is 0 Å². The van der Waals surface area contributed by atoms with E-state index in [-0.39, 0.29) is 5.91 Å². The van der Waals surface area contributed by atoms with E-state index in [9.17, 15) is 4.79 Å². The Labute approximate surface area is 110 Å². The Bertz CT molecular complexity index is 298. The van der Waals surface area contributed by atoms with Gasteiger partial charge in [0.1, 0.15) is 0 Å². The molecule has 0 unspecified atom stereocenters. The highest BCUT2D eigenvalue weighted by atomic mass is 16.2. The van der Waals surface area contributed by atoms with E-state index < -0.39 is 0 Å². The highest BCUT2D eigenvalue weighted by molar-refractivity contribution is 5.76. The van der Waals surface area contributed by atoms with Gasteiger partial charge in [-0.1, -0.05) is 19.8 Å². The average Bonchev–Trinajstić information content (AvgIpc) is 2.38. The third kappa shape index (κ3) is 5.05. The zero-order valence-electron chi connectivity index (χ0n) is 11.6. The third-order valence-corrected chi connectivity index (χ3v) is 3.84. The van der Waals surface area contributed by atoms with Gasteiger partial charge in [-0.15, -0.1) is 0 Å². The van der Waals surface area contributed by atoms with Crippen molar-refractivity contribution < 1.29 is 4.79 Å². The van der Waals surface area contributed by atoms with Crippen molar-refractivity contribution >= 4 is 5.91 Å². The lowest BCUT2D eigenvalue weighted by Gasteiger charge is -2.29. The summed E-state index contributed by atoms with van der Waals surface area (Å²) in [5, 5.41) is 12.0. The minimum Gasteiger partial charge on any atom is -0.345 e. The normalized spacial score (nSPS) is 23.4. The predicted octanol–water partition coefficient (Wildman–Crippen LogP) is 1.92. The zero-order chi connectivity index (χ0) is 13.4. The maximum atomic E-state index is 11.7. The molecule has 18 heavy (non-hydrogen) atoms. The first kappa shape index (κ1) is 15.0. The molecule has 4 heteroatoms. The van der Waals surface area contributed by atoms with Crippen molar-refractivity contribution in [3.05, 3.63) is 0 Å². The van der Waals surface area contributed by atoms with Crippen LogP contribution < -0.4 is 5.32 Å². The molecule has 0 saturated heterocycles. The Balaban J connectivity index is 2.16. The Morgan fingerprint density at radius 1 is 1.44 bits per heavy atom. The molecule has 4 nitrogen and oxygen atoms in total. The monoisotopic (exact) mass is 251 g/mol. The number of hydrogen-bond acceptors (Lipinski definition) is 3. The van der Waals surface area contributed by atoms with Gasteiger partial charge in [-0.2, -0.15) is 5.26 Å². The van der Waals surface area contributed by atoms with Crippen molar-refractivity contribution in [2.75, 3.05) is 20.1 Å². The van der Waals surface area contributed by atoms with Crippen LogP contribution in [-0.4, -0.2) is 37.0 Å². The first-order valence-electron chi connectivity index (χ1n) is 6.99. The molecule has 0 spiro atoms. The lowest BCUT2D eigenvalue weighted by molar-refractivity contribution is -0.129. The first-order chi connectivity index (χ1) is 8.65. The van der Waals surface area contributed by atoms with Gasteiger partial charge in [-0.3, -0.25) is 4.79 Å². The Morgan fingerprint density at radius 3 is 2.83 bits per heavy atom. The second kappa shape index (κ2) is 8.10. The van der Waals surface area contributed by atoms with Crippen LogP contribution in [0.2, 0.25) is 0 Å². The summed E-state index contributed by atoms with van der Waals surface area (Å²) in [4.78, 5) is 13.4. The number of carbonyl (C=O) groups is 1. The van der Waals surface area contributed by atoms with E-state index in [1.807, 2.05) is 0 Å². The molecular formula is C14H25N3O. The molecule has 1 saturated carbocycles. The number of amides is 1. The van der Waals surface area contributed by atoms with Crippen molar-refractivity contribution in [2.45, 2.75) is 51.5 Å². The van der Waals surface area contributed by atoms with E-state index >= 15 is 0 Å². The quantitative estimate of drug-likeness (QED) is 0.784. The fraction of sp³-hybridized carbons (Fsp3) is 0.857. The fourth-order valence-corrected chi connectivity index (χ4v) is 2.52. The van der Waals surface area contributed by atoms with Crippen LogP contribution in [0.25, 0.3) is 0 Å². The number of rotatable bonds is 6. The summed E-state index contributed by atoms with van der Waals surface area (Å²) in [6.45, 7) is 3.58. The lowest BCUT2D eigenvalue weighted by Crippen LogP contribution is -2.39. The first-order valence-corrected chi connectivity index (χ1v) is 6.99. The third-order valence-electron chi connectivity index (χ3n) is 3.84. The summed E-state index contributed by atoms with van der Waals surface area (Å²) in [6.07, 6.45) is 6.13. The maximum Gasteiger partial charge on any atom is 0.223 e. The van der Waals surface area contributed by atoms with Crippen LogP contribution in [0.3, 0.4) is 0 Å². The number of nitrogens with zero attached hydrogens (tertiary/aromatic N) is 2. The number of carbonyl (C=O) groups excluding carboxylic acids is 1. The molecule has 0 aromatic carbocycles. The summed E-state index contributed by atoms with van der Waals surface area (Å²) >= 11 is 0. The van der Waals surface area contributed by atoms with Crippen molar-refractivity contribution in [3.8, 4) is 6.07 Å². The lowest BCUT2D eigenvalue weighted by atomic mass is 9.86. The predicted molar refractivity (Wildman–Crippen MR) is 71.9 cm³/mol. The Hall–Kier alpha value is -1.08. The van der Waals surface area contributed by atoms with Gasteiger partial charge in [0.2, 0.25) is 5.91 Å². The molecule has 2 atom stereocenters. The van der Waals surface area contributed by atoms with Crippen molar-refractivity contribution in [1.82, 2.24) is 10.2 Å². The van der Waals surface area contributed by atoms with E-state index in [0.29, 0.717) is 25.4 Å². The average molecular weight is 251 g/mol. The van der Waals surface area contributed by atoms with Gasteiger partial charge in [-0.25, -0.2) is 0 Å². The van der Waals surface area contributed by atoms with E-state index in [1.54, 1.807) is 11.9 Å². The molecular weight excluding hydrogens is 226 g/mol. The molecule has 102 valence electrons. The fourth-order valence-electron chi connectivity index (χ4n) is 2.52. The summed E-state index contributed by atoms with van der Waals surface area (Å²) in [7, 11) is 1.77. The molecule has 1 rings (SSSR count). The molecule has 1 N–H and O–H groups in total. The summed E-state index contributed by atoms with van der Waals surface area (Å²) < 4.78 is 0. The van der Waals surface area contributed by atoms with E-state index in [2.05, 4.69) is 18.3 Å². The highest BCUT2D eigenvalue weighted by Crippen LogP contribution is 2.23. The van der Waals surface area contributed by atoms with Crippen molar-refractivity contribution in [1.29, 1.82) is 5.26 Å². The van der Waals surface area contributed by atoms with Gasteiger partial charge >= 0.3 is 0 Å². The van der Waals surface area contributed by atoms with Crippen LogP contribution in [0.1, 0.15) is 45.4 Å². The van der Waals surface area contributed by atoms with Gasteiger partial charge in [0, 0.05) is 32.6 Å². The molecule has 1 fully saturated rings. The van der Waals surface area contributed by atoms with Gasteiger partial charge in [-0.05, 0) is 18.8 Å². The van der Waals surface area contributed by atoms with Gasteiger partial charge in [0.15, 0.2) is 0 Å². The van der Waals surface area contributed by atoms with Crippen LogP contribution >= 0.6 is 0 Å². The van der Waals surface area contributed by atoms with Gasteiger partial charge in [0.25, 0.3) is 0 Å². The second-order valence-electron chi connectivity index (χ2n) is 5.30. The zero-order valence-corrected chi connectivity index (χ0v) is 11.6. The summed E-state index contributed by atoms with van der Waals surface area (Å²) in [5.74, 6) is 0.853. The van der Waals surface area contributed by atoms with Crippen LogP contribution in [0.5, 0.6) is 0 Å². The summed E-state index contributed by atoms with van der Waals surface area (Å²) in [5.41, 5.74) is 0. The molecule has 1 aliphatic rings. The second-order valence-corrected chi connectivity index (χ2v) is 5.30. The Morgan fingerprint density at radius 2 is 2.17 bits per heavy atom. The van der Waals surface area contributed by atoms with Crippen LogP contribution in [0, 0.1) is 17.2 Å². The molecule has 0 heterocycles. The SMILES string of the molecule is C[C@@H]1CCCC[C@@H]1NCCC(=O)N(C)CCC#N. The largest absolute Gasteiger partial charge is 0.345 e. The molecule has 0 bridgehead atoms. The molecule has 1 amide bonds. The van der Waals surface area contributed by atoms with Crippen molar-refractivity contribution in [2.24, 2.45) is 5.92 Å². The summed E-state index contributed by atoms with van der Waals surface area (Å²) in [6, 6.07) is 2.64. The van der Waals surface area contributed by atoms with Crippen molar-refractivity contribution in [3.63, 3.8) is 0 Å². The highest BCUT2D eigenvalue weighted by Gasteiger charge is 2.20. The minimum absolute atomic E-state index is 0.126. The van der Waals surface area contributed by atoms with E-state index in [4.69, 9.17) is 5.26 Å². The smallest absolute Gasteiger partial charge is 0.223 e. The number of nitriles is 1. The van der Waals surface area contributed by atoms with Gasteiger partial charge < -0.3 is 10.2 Å². The maximum absolute atomic E-state index is 11.7. The number of hydrogen-bond donors (Lipinski definition) is 1. The molecule has 0 aliphatic heterocycles. The molecule has 0 radical (unpaired) electrons. The molecule has 0 aromatic rings. The van der Waals surface area contributed by atoms with E-state index in [0.717, 1.165) is 12.5 Å². The van der Waals surface area contributed by atoms with Crippen LogP contribution in [-0.2, 0) is 4.79 Å². The standard InChI is InChI=1S/C14H25N3O/c1-12-6-3-4-7-13(12)16-10-8-14(18)17(2)11-5-9-15/h12-13,16H,3-8,10-11H2,1-2H3/t12-,13+/m1/s1.